The SMILES string of the molecule is C#CCNC(C)(CNC(=O)OC(C)(C)C)C1CC1. The van der Waals surface area contributed by atoms with Crippen LogP contribution in [0.15, 0.2) is 0 Å². The van der Waals surface area contributed by atoms with Gasteiger partial charge in [0.25, 0.3) is 0 Å². The number of alkyl carbamates (subject to hydrolysis) is 1. The number of hydrogen-bond acceptors (Lipinski definition) is 3. The van der Waals surface area contributed by atoms with Gasteiger partial charge in [-0.25, -0.2) is 4.79 Å². The molecule has 1 amide bonds. The quantitative estimate of drug-likeness (QED) is 0.735. The van der Waals surface area contributed by atoms with Crippen molar-refractivity contribution in [2.75, 3.05) is 13.1 Å². The lowest BCUT2D eigenvalue weighted by Gasteiger charge is -2.31. The maximum Gasteiger partial charge on any atom is 0.407 e. The molecule has 0 aromatic carbocycles. The van der Waals surface area contributed by atoms with Crippen LogP contribution in [0.2, 0.25) is 0 Å². The van der Waals surface area contributed by atoms with Crippen LogP contribution >= 0.6 is 0 Å². The molecule has 1 rings (SSSR count). The average Bonchev–Trinajstić information content (AvgIpc) is 3.05. The van der Waals surface area contributed by atoms with E-state index in [-0.39, 0.29) is 11.6 Å². The molecule has 0 aromatic heterocycles. The van der Waals surface area contributed by atoms with Crippen molar-refractivity contribution in [3.63, 3.8) is 0 Å². The molecule has 18 heavy (non-hydrogen) atoms. The topological polar surface area (TPSA) is 50.4 Å². The summed E-state index contributed by atoms with van der Waals surface area (Å²) in [4.78, 5) is 11.6. The fraction of sp³-hybridized carbons (Fsp3) is 0.786. The van der Waals surface area contributed by atoms with Gasteiger partial charge in [-0.1, -0.05) is 5.92 Å². The van der Waals surface area contributed by atoms with Crippen LogP contribution in [0.1, 0.15) is 40.5 Å². The fourth-order valence-corrected chi connectivity index (χ4v) is 1.89. The molecule has 1 fully saturated rings. The van der Waals surface area contributed by atoms with Gasteiger partial charge in [-0.05, 0) is 46.5 Å². The average molecular weight is 252 g/mol. The molecule has 0 radical (unpaired) electrons. The van der Waals surface area contributed by atoms with Gasteiger partial charge in [-0.2, -0.15) is 0 Å². The molecule has 0 heterocycles. The molecular formula is C14H24N2O2. The minimum absolute atomic E-state index is 0.136. The summed E-state index contributed by atoms with van der Waals surface area (Å²) in [7, 11) is 0. The molecule has 0 saturated heterocycles. The van der Waals surface area contributed by atoms with Gasteiger partial charge in [0.1, 0.15) is 5.60 Å². The second-order valence-corrected chi connectivity index (χ2v) is 6.10. The summed E-state index contributed by atoms with van der Waals surface area (Å²) < 4.78 is 5.22. The minimum atomic E-state index is -0.466. The van der Waals surface area contributed by atoms with E-state index in [2.05, 4.69) is 23.5 Å². The summed E-state index contributed by atoms with van der Waals surface area (Å²) in [6.07, 6.45) is 7.26. The van der Waals surface area contributed by atoms with E-state index >= 15 is 0 Å². The summed E-state index contributed by atoms with van der Waals surface area (Å²) in [6, 6.07) is 0. The van der Waals surface area contributed by atoms with Crippen LogP contribution in [-0.4, -0.2) is 30.3 Å². The zero-order chi connectivity index (χ0) is 13.8. The van der Waals surface area contributed by atoms with Crippen molar-refractivity contribution < 1.29 is 9.53 Å². The Labute approximate surface area is 110 Å². The van der Waals surface area contributed by atoms with E-state index in [0.717, 1.165) is 0 Å². The largest absolute Gasteiger partial charge is 0.444 e. The normalized spacial score (nSPS) is 18.6. The Morgan fingerprint density at radius 2 is 2.00 bits per heavy atom. The molecule has 1 unspecified atom stereocenters. The Morgan fingerprint density at radius 1 is 1.39 bits per heavy atom. The van der Waals surface area contributed by atoms with E-state index in [4.69, 9.17) is 11.2 Å². The minimum Gasteiger partial charge on any atom is -0.444 e. The van der Waals surface area contributed by atoms with Gasteiger partial charge >= 0.3 is 6.09 Å². The molecular weight excluding hydrogens is 228 g/mol. The number of rotatable bonds is 5. The lowest BCUT2D eigenvalue weighted by Crippen LogP contribution is -2.53. The van der Waals surface area contributed by atoms with E-state index in [1.54, 1.807) is 0 Å². The van der Waals surface area contributed by atoms with Crippen molar-refractivity contribution in [2.24, 2.45) is 5.92 Å². The van der Waals surface area contributed by atoms with Crippen molar-refractivity contribution in [1.82, 2.24) is 10.6 Å². The van der Waals surface area contributed by atoms with E-state index in [1.807, 2.05) is 20.8 Å². The molecule has 0 bridgehead atoms. The van der Waals surface area contributed by atoms with Crippen molar-refractivity contribution in [1.29, 1.82) is 0 Å². The molecule has 4 heteroatoms. The summed E-state index contributed by atoms with van der Waals surface area (Å²) in [5.41, 5.74) is -0.602. The Kier molecular flexibility index (Phi) is 4.64. The van der Waals surface area contributed by atoms with Gasteiger partial charge in [0.15, 0.2) is 0 Å². The van der Waals surface area contributed by atoms with Crippen LogP contribution in [0.4, 0.5) is 4.79 Å². The van der Waals surface area contributed by atoms with Crippen LogP contribution in [0.5, 0.6) is 0 Å². The van der Waals surface area contributed by atoms with Gasteiger partial charge in [0.2, 0.25) is 0 Å². The number of nitrogens with one attached hydrogen (secondary N) is 2. The number of terminal acetylenes is 1. The van der Waals surface area contributed by atoms with Crippen molar-refractivity contribution in [3.05, 3.63) is 0 Å². The van der Waals surface area contributed by atoms with Gasteiger partial charge in [0, 0.05) is 12.1 Å². The highest BCUT2D eigenvalue weighted by Crippen LogP contribution is 2.39. The first-order chi connectivity index (χ1) is 8.27. The Hall–Kier alpha value is -1.21. The highest BCUT2D eigenvalue weighted by molar-refractivity contribution is 5.67. The lowest BCUT2D eigenvalue weighted by molar-refractivity contribution is 0.0508. The first-order valence-corrected chi connectivity index (χ1v) is 6.42. The molecule has 1 atom stereocenters. The standard InChI is InChI=1S/C14H24N2O2/c1-6-9-16-14(5,11-7-8-11)10-15-12(17)18-13(2,3)4/h1,11,16H,7-10H2,2-5H3,(H,15,17). The van der Waals surface area contributed by atoms with Crippen LogP contribution in [0.25, 0.3) is 0 Å². The highest BCUT2D eigenvalue weighted by Gasteiger charge is 2.41. The lowest BCUT2D eigenvalue weighted by atomic mass is 9.95. The summed E-state index contributed by atoms with van der Waals surface area (Å²) in [6.45, 7) is 8.70. The van der Waals surface area contributed by atoms with Gasteiger partial charge < -0.3 is 10.1 Å². The van der Waals surface area contributed by atoms with Crippen molar-refractivity contribution >= 4 is 6.09 Å². The van der Waals surface area contributed by atoms with E-state index in [0.29, 0.717) is 19.0 Å². The maximum absolute atomic E-state index is 11.6. The third-order valence-corrected chi connectivity index (χ3v) is 3.07. The van der Waals surface area contributed by atoms with Crippen molar-refractivity contribution in [2.45, 2.75) is 51.7 Å². The van der Waals surface area contributed by atoms with Crippen LogP contribution in [-0.2, 0) is 4.74 Å². The first kappa shape index (κ1) is 14.8. The Morgan fingerprint density at radius 3 is 2.44 bits per heavy atom. The van der Waals surface area contributed by atoms with Crippen LogP contribution < -0.4 is 10.6 Å². The second kappa shape index (κ2) is 5.62. The first-order valence-electron chi connectivity index (χ1n) is 6.42. The van der Waals surface area contributed by atoms with Gasteiger partial charge in [0.05, 0.1) is 6.54 Å². The molecule has 102 valence electrons. The van der Waals surface area contributed by atoms with Crippen LogP contribution in [0, 0.1) is 18.3 Å². The van der Waals surface area contributed by atoms with E-state index in [9.17, 15) is 4.79 Å². The highest BCUT2D eigenvalue weighted by atomic mass is 16.6. The Bertz CT molecular complexity index is 337. The number of carbonyl (C=O) groups is 1. The number of hydrogen-bond donors (Lipinski definition) is 2. The number of amides is 1. The summed E-state index contributed by atoms with van der Waals surface area (Å²) >= 11 is 0. The monoisotopic (exact) mass is 252 g/mol. The van der Waals surface area contributed by atoms with E-state index in [1.165, 1.54) is 12.8 Å². The second-order valence-electron chi connectivity index (χ2n) is 6.10. The number of carbonyl (C=O) groups excluding carboxylic acids is 1. The van der Waals surface area contributed by atoms with Gasteiger partial charge in [-0.3, -0.25) is 5.32 Å². The predicted molar refractivity (Wildman–Crippen MR) is 72.2 cm³/mol. The van der Waals surface area contributed by atoms with Gasteiger partial charge in [-0.15, -0.1) is 6.42 Å². The smallest absolute Gasteiger partial charge is 0.407 e. The molecule has 1 aliphatic carbocycles. The molecule has 0 aliphatic heterocycles. The third kappa shape index (κ3) is 4.97. The van der Waals surface area contributed by atoms with E-state index < -0.39 is 5.60 Å². The molecule has 1 aliphatic rings. The fourth-order valence-electron chi connectivity index (χ4n) is 1.89. The maximum atomic E-state index is 11.6. The zero-order valence-corrected chi connectivity index (χ0v) is 11.8. The van der Waals surface area contributed by atoms with Crippen LogP contribution in [0.3, 0.4) is 0 Å². The number of ether oxygens (including phenoxy) is 1. The zero-order valence-electron chi connectivity index (χ0n) is 11.8. The summed E-state index contributed by atoms with van der Waals surface area (Å²) in [5.74, 6) is 3.16. The molecule has 1 saturated carbocycles. The molecule has 4 nitrogen and oxygen atoms in total. The summed E-state index contributed by atoms with van der Waals surface area (Å²) in [5, 5.41) is 6.14. The molecule has 2 N–H and O–H groups in total. The molecule has 0 aromatic rings. The van der Waals surface area contributed by atoms with Crippen molar-refractivity contribution in [3.8, 4) is 12.3 Å². The Balaban J connectivity index is 2.43. The third-order valence-electron chi connectivity index (χ3n) is 3.07. The molecule has 0 spiro atoms. The predicted octanol–water partition coefficient (Wildman–Crippen LogP) is 1.90.